The van der Waals surface area contributed by atoms with Crippen LogP contribution >= 0.6 is 0 Å². The van der Waals surface area contributed by atoms with Gasteiger partial charge in [-0.15, -0.1) is 0 Å². The number of aliphatic carboxylic acids is 1. The summed E-state index contributed by atoms with van der Waals surface area (Å²) >= 11 is 0. The van der Waals surface area contributed by atoms with Gasteiger partial charge in [-0.05, 0) is 58.3 Å². The number of carboxylic acids is 1. The summed E-state index contributed by atoms with van der Waals surface area (Å²) in [5, 5.41) is 19.4. The van der Waals surface area contributed by atoms with Crippen LogP contribution in [-0.2, 0) is 9.59 Å². The third-order valence-electron chi connectivity index (χ3n) is 3.57. The first-order valence-corrected chi connectivity index (χ1v) is 7.47. The average Bonchev–Trinajstić information content (AvgIpc) is 2.31. The quantitative estimate of drug-likeness (QED) is 0.616. The number of hydrogen-bond acceptors (Lipinski definition) is 4. The van der Waals surface area contributed by atoms with Gasteiger partial charge >= 0.3 is 5.97 Å². The average molecular weight is 323 g/mol. The number of carbonyl (C=O) groups is 2. The molecule has 0 aliphatic heterocycles. The largest absolute Gasteiger partial charge is 0.478 e. The van der Waals surface area contributed by atoms with Gasteiger partial charge in [-0.2, -0.15) is 0 Å². The van der Waals surface area contributed by atoms with Gasteiger partial charge in [0.05, 0.1) is 0 Å². The molecular weight excluding hydrogens is 294 g/mol. The van der Waals surface area contributed by atoms with Crippen molar-refractivity contribution in [1.82, 2.24) is 4.90 Å². The van der Waals surface area contributed by atoms with E-state index in [9.17, 15) is 14.7 Å². The lowest BCUT2D eigenvalue weighted by atomic mass is 9.64. The number of ketones is 1. The summed E-state index contributed by atoms with van der Waals surface area (Å²) in [6.07, 6.45) is 5.92. The fourth-order valence-corrected chi connectivity index (χ4v) is 2.36. The Bertz CT molecular complexity index is 538. The van der Waals surface area contributed by atoms with Gasteiger partial charge < -0.3 is 15.1 Å². The predicted octanol–water partition coefficient (Wildman–Crippen LogP) is 2.43. The lowest BCUT2D eigenvalue weighted by molar-refractivity contribution is -0.131. The maximum Gasteiger partial charge on any atom is 0.328 e. The standard InChI is InChI=1S/C15H20O4.C3H9N/c1-10(7-13(17)18)5-6-15(19)11(2)8-12(16)9-14(15,3)4;1-4(2)3/h5-8,19H,9H2,1-4H3,(H,17,18);1-3H3/b6-5+,10-7-;/t15-;/m1./s1. The summed E-state index contributed by atoms with van der Waals surface area (Å²) in [4.78, 5) is 24.1. The summed E-state index contributed by atoms with van der Waals surface area (Å²) < 4.78 is 0. The zero-order chi connectivity index (χ0) is 18.4. The Labute approximate surface area is 139 Å². The molecule has 130 valence electrons. The van der Waals surface area contributed by atoms with Gasteiger partial charge in [0.1, 0.15) is 5.60 Å². The van der Waals surface area contributed by atoms with E-state index in [2.05, 4.69) is 0 Å². The molecule has 0 aromatic carbocycles. The maximum atomic E-state index is 11.6. The molecule has 0 amide bonds. The molecule has 5 heteroatoms. The molecule has 0 saturated carbocycles. The van der Waals surface area contributed by atoms with Crippen molar-refractivity contribution in [3.63, 3.8) is 0 Å². The van der Waals surface area contributed by atoms with Gasteiger partial charge in [0.15, 0.2) is 5.78 Å². The van der Waals surface area contributed by atoms with Crippen LogP contribution < -0.4 is 0 Å². The Kier molecular flexibility index (Phi) is 7.61. The van der Waals surface area contributed by atoms with Gasteiger partial charge in [0.2, 0.25) is 0 Å². The highest BCUT2D eigenvalue weighted by Gasteiger charge is 2.46. The molecule has 5 nitrogen and oxygen atoms in total. The van der Waals surface area contributed by atoms with Crippen LogP contribution in [0.2, 0.25) is 0 Å². The van der Waals surface area contributed by atoms with Crippen LogP contribution in [-0.4, -0.2) is 53.6 Å². The SMILES string of the molecule is CC1=CC(=O)CC(C)(C)[C@@]1(O)/C=C/C(C)=C\C(=O)O.CN(C)C. The molecule has 1 rings (SSSR count). The van der Waals surface area contributed by atoms with Crippen molar-refractivity contribution in [2.45, 2.75) is 39.7 Å². The normalized spacial score (nSPS) is 24.3. The van der Waals surface area contributed by atoms with Gasteiger partial charge in [-0.25, -0.2) is 4.79 Å². The number of rotatable bonds is 3. The second-order valence-corrected chi connectivity index (χ2v) is 7.02. The van der Waals surface area contributed by atoms with Crippen LogP contribution in [0.1, 0.15) is 34.1 Å². The molecule has 0 unspecified atom stereocenters. The third kappa shape index (κ3) is 6.50. The zero-order valence-corrected chi connectivity index (χ0v) is 15.2. The molecule has 0 fully saturated rings. The Morgan fingerprint density at radius 1 is 1.30 bits per heavy atom. The molecule has 2 N–H and O–H groups in total. The van der Waals surface area contributed by atoms with E-state index in [1.54, 1.807) is 26.0 Å². The number of aliphatic hydroxyl groups is 1. The summed E-state index contributed by atoms with van der Waals surface area (Å²) in [5.74, 6) is -1.03. The van der Waals surface area contributed by atoms with Crippen LogP contribution in [0.3, 0.4) is 0 Å². The van der Waals surface area contributed by atoms with Gasteiger partial charge in [0, 0.05) is 17.9 Å². The molecule has 0 heterocycles. The van der Waals surface area contributed by atoms with E-state index in [4.69, 9.17) is 5.11 Å². The van der Waals surface area contributed by atoms with E-state index >= 15 is 0 Å². The van der Waals surface area contributed by atoms with Crippen molar-refractivity contribution in [2.75, 3.05) is 21.1 Å². The van der Waals surface area contributed by atoms with Crippen molar-refractivity contribution in [1.29, 1.82) is 0 Å². The number of hydrogen-bond donors (Lipinski definition) is 2. The Balaban J connectivity index is 0.00000108. The van der Waals surface area contributed by atoms with E-state index in [1.165, 1.54) is 6.08 Å². The fraction of sp³-hybridized carbons (Fsp3) is 0.556. The van der Waals surface area contributed by atoms with Crippen molar-refractivity contribution in [3.05, 3.63) is 35.5 Å². The molecule has 0 aromatic heterocycles. The minimum atomic E-state index is -1.24. The summed E-state index contributed by atoms with van der Waals surface area (Å²) in [7, 11) is 6.00. The molecule has 0 spiro atoms. The topological polar surface area (TPSA) is 77.8 Å². The Hall–Kier alpha value is -1.72. The number of carbonyl (C=O) groups excluding carboxylic acids is 1. The van der Waals surface area contributed by atoms with E-state index in [1.807, 2.05) is 39.9 Å². The molecular formula is C18H29NO4. The first-order valence-electron chi connectivity index (χ1n) is 7.47. The van der Waals surface area contributed by atoms with E-state index < -0.39 is 17.0 Å². The highest BCUT2D eigenvalue weighted by atomic mass is 16.4. The van der Waals surface area contributed by atoms with E-state index in [0.29, 0.717) is 11.1 Å². The zero-order valence-electron chi connectivity index (χ0n) is 15.2. The third-order valence-corrected chi connectivity index (χ3v) is 3.57. The molecule has 1 atom stereocenters. The molecule has 1 aliphatic carbocycles. The van der Waals surface area contributed by atoms with Crippen LogP contribution in [0.15, 0.2) is 35.5 Å². The van der Waals surface area contributed by atoms with Gasteiger partial charge in [-0.1, -0.05) is 19.9 Å². The Morgan fingerprint density at radius 2 is 1.78 bits per heavy atom. The van der Waals surface area contributed by atoms with Gasteiger partial charge in [-0.3, -0.25) is 4.79 Å². The van der Waals surface area contributed by atoms with Crippen LogP contribution in [0, 0.1) is 5.41 Å². The molecule has 1 aliphatic rings. The van der Waals surface area contributed by atoms with Crippen molar-refractivity contribution in [3.8, 4) is 0 Å². The fourth-order valence-electron chi connectivity index (χ4n) is 2.36. The summed E-state index contributed by atoms with van der Waals surface area (Å²) in [6, 6.07) is 0. The highest BCUT2D eigenvalue weighted by molar-refractivity contribution is 5.92. The van der Waals surface area contributed by atoms with Crippen molar-refractivity contribution >= 4 is 11.8 Å². The molecule has 0 saturated heterocycles. The van der Waals surface area contributed by atoms with Crippen molar-refractivity contribution < 1.29 is 19.8 Å². The number of nitrogens with zero attached hydrogens (tertiary/aromatic N) is 1. The number of carboxylic acid groups (broad SMARTS) is 1. The summed E-state index contributed by atoms with van der Waals surface area (Å²) in [5.41, 5.74) is -0.758. The first kappa shape index (κ1) is 21.3. The first-order chi connectivity index (χ1) is 10.3. The minimum Gasteiger partial charge on any atom is -0.478 e. The smallest absolute Gasteiger partial charge is 0.328 e. The molecule has 0 radical (unpaired) electrons. The lowest BCUT2D eigenvalue weighted by Gasteiger charge is -2.43. The van der Waals surface area contributed by atoms with Crippen LogP contribution in [0.5, 0.6) is 0 Å². The predicted molar refractivity (Wildman–Crippen MR) is 92.3 cm³/mol. The molecule has 0 bridgehead atoms. The second-order valence-electron chi connectivity index (χ2n) is 7.02. The summed E-state index contributed by atoms with van der Waals surface area (Å²) in [6.45, 7) is 7.00. The highest BCUT2D eigenvalue weighted by Crippen LogP contribution is 2.44. The molecule has 0 aromatic rings. The Morgan fingerprint density at radius 3 is 2.17 bits per heavy atom. The van der Waals surface area contributed by atoms with E-state index in [-0.39, 0.29) is 12.2 Å². The second kappa shape index (κ2) is 8.22. The van der Waals surface area contributed by atoms with Crippen molar-refractivity contribution in [2.24, 2.45) is 5.41 Å². The number of allylic oxidation sites excluding steroid dienone is 3. The van der Waals surface area contributed by atoms with Crippen LogP contribution in [0.4, 0.5) is 0 Å². The van der Waals surface area contributed by atoms with Crippen LogP contribution in [0.25, 0.3) is 0 Å². The maximum absolute atomic E-state index is 11.6. The monoisotopic (exact) mass is 323 g/mol. The van der Waals surface area contributed by atoms with E-state index in [0.717, 1.165) is 6.08 Å². The van der Waals surface area contributed by atoms with Gasteiger partial charge in [0.25, 0.3) is 0 Å². The lowest BCUT2D eigenvalue weighted by Crippen LogP contribution is -2.48. The molecule has 23 heavy (non-hydrogen) atoms. The minimum absolute atomic E-state index is 0.00150.